The number of halogens is 3. The molecule has 0 spiro atoms. The van der Waals surface area contributed by atoms with Crippen molar-refractivity contribution in [2.45, 2.75) is 13.2 Å². The average Bonchev–Trinajstić information content (AvgIpc) is 3.41. The highest BCUT2D eigenvalue weighted by Crippen LogP contribution is 2.25. The van der Waals surface area contributed by atoms with Crippen molar-refractivity contribution < 1.29 is 18.9 Å². The fraction of sp³-hybridized carbons (Fsp3) is 0.0909. The van der Waals surface area contributed by atoms with Crippen molar-refractivity contribution in [1.29, 1.82) is 0 Å². The van der Waals surface area contributed by atoms with E-state index in [2.05, 4.69) is 26.3 Å². The summed E-state index contributed by atoms with van der Waals surface area (Å²) in [7, 11) is 0. The van der Waals surface area contributed by atoms with E-state index in [1.807, 2.05) is 6.07 Å². The van der Waals surface area contributed by atoms with Gasteiger partial charge < -0.3 is 14.5 Å². The zero-order chi connectivity index (χ0) is 24.2. The van der Waals surface area contributed by atoms with Gasteiger partial charge in [0.25, 0.3) is 11.6 Å². The van der Waals surface area contributed by atoms with E-state index in [1.165, 1.54) is 30.3 Å². The monoisotopic (exact) mass is 564 g/mol. The third-order valence-electron chi connectivity index (χ3n) is 4.61. The summed E-state index contributed by atoms with van der Waals surface area (Å²) in [6.45, 7) is 0.431. The van der Waals surface area contributed by atoms with Crippen molar-refractivity contribution in [2.24, 2.45) is 0 Å². The maximum Gasteiger partial charge on any atom is 0.292 e. The van der Waals surface area contributed by atoms with Gasteiger partial charge in [-0.25, -0.2) is 0 Å². The predicted molar refractivity (Wildman–Crippen MR) is 130 cm³/mol. The molecule has 174 valence electrons. The lowest BCUT2D eigenvalue weighted by Gasteiger charge is -2.05. The molecule has 2 aromatic heterocycles. The molecule has 1 N–H and O–H groups in total. The van der Waals surface area contributed by atoms with E-state index >= 15 is 0 Å². The van der Waals surface area contributed by atoms with Gasteiger partial charge >= 0.3 is 0 Å². The van der Waals surface area contributed by atoms with Crippen molar-refractivity contribution >= 4 is 56.5 Å². The fourth-order valence-electron chi connectivity index (χ4n) is 2.95. The van der Waals surface area contributed by atoms with Gasteiger partial charge in [0.15, 0.2) is 11.6 Å². The van der Waals surface area contributed by atoms with Crippen LogP contribution in [-0.4, -0.2) is 20.6 Å². The Morgan fingerprint density at radius 3 is 2.65 bits per heavy atom. The fourth-order valence-corrected chi connectivity index (χ4v) is 3.84. The number of nitro groups is 1. The third kappa shape index (κ3) is 5.77. The van der Waals surface area contributed by atoms with E-state index in [-0.39, 0.29) is 18.1 Å². The van der Waals surface area contributed by atoms with Crippen molar-refractivity contribution in [2.75, 3.05) is 5.32 Å². The molecule has 4 aromatic rings. The summed E-state index contributed by atoms with van der Waals surface area (Å²) < 4.78 is 13.3. The van der Waals surface area contributed by atoms with Crippen LogP contribution in [0, 0.1) is 10.1 Å². The number of hydrogen-bond acceptors (Lipinski definition) is 6. The third-order valence-corrected chi connectivity index (χ3v) is 5.78. The van der Waals surface area contributed by atoms with Crippen molar-refractivity contribution in [3.8, 4) is 5.75 Å². The molecule has 0 saturated carbocycles. The van der Waals surface area contributed by atoms with Crippen LogP contribution in [0.5, 0.6) is 5.75 Å². The standard InChI is InChI=1S/C22H15BrCl2N4O5/c23-18-11-28(10-13-1-2-14(24)9-19(13)25)27-21(18)26-22(30)20-8-7-17(34-20)12-33-16-5-3-15(4-6-16)29(31)32/h1-9,11H,10,12H2,(H,26,27,30). The molecule has 0 aliphatic rings. The molecule has 2 aromatic carbocycles. The number of amides is 1. The Balaban J connectivity index is 1.36. The Kier molecular flexibility index (Phi) is 7.20. The summed E-state index contributed by atoms with van der Waals surface area (Å²) in [6.07, 6.45) is 1.71. The first-order chi connectivity index (χ1) is 16.3. The van der Waals surface area contributed by atoms with Gasteiger partial charge in [-0.05, 0) is 57.9 Å². The zero-order valence-corrected chi connectivity index (χ0v) is 20.3. The van der Waals surface area contributed by atoms with Crippen LogP contribution in [0.15, 0.2) is 69.7 Å². The normalized spacial score (nSPS) is 10.8. The highest BCUT2D eigenvalue weighted by molar-refractivity contribution is 9.10. The van der Waals surface area contributed by atoms with E-state index in [1.54, 1.807) is 29.1 Å². The van der Waals surface area contributed by atoms with Crippen LogP contribution in [0.2, 0.25) is 10.0 Å². The predicted octanol–water partition coefficient (Wildman–Crippen LogP) is 6.33. The Labute approximate surface area is 211 Å². The SMILES string of the molecule is O=C(Nc1nn(Cc2ccc(Cl)cc2Cl)cc1Br)c1ccc(COc2ccc([N+](=O)[O-])cc2)o1. The number of nitrogens with zero attached hydrogens (tertiary/aromatic N) is 3. The topological polar surface area (TPSA) is 112 Å². The van der Waals surface area contributed by atoms with Crippen molar-refractivity contribution in [3.63, 3.8) is 0 Å². The van der Waals surface area contributed by atoms with Gasteiger partial charge in [-0.3, -0.25) is 19.6 Å². The average molecular weight is 566 g/mol. The van der Waals surface area contributed by atoms with E-state index in [4.69, 9.17) is 32.4 Å². The molecule has 0 aliphatic heterocycles. The van der Waals surface area contributed by atoms with Gasteiger partial charge in [-0.2, -0.15) is 5.10 Å². The number of ether oxygens (including phenoxy) is 1. The number of hydrogen-bond donors (Lipinski definition) is 1. The second-order valence-corrected chi connectivity index (χ2v) is 8.72. The van der Waals surface area contributed by atoms with Gasteiger partial charge in [0, 0.05) is 28.4 Å². The Morgan fingerprint density at radius 1 is 1.18 bits per heavy atom. The Morgan fingerprint density at radius 2 is 1.94 bits per heavy atom. The second kappa shape index (κ2) is 10.3. The summed E-state index contributed by atoms with van der Waals surface area (Å²) in [5, 5.41) is 18.8. The van der Waals surface area contributed by atoms with Crippen LogP contribution in [0.25, 0.3) is 0 Å². The molecule has 1 amide bonds. The lowest BCUT2D eigenvalue weighted by Crippen LogP contribution is -2.12. The molecule has 4 rings (SSSR count). The van der Waals surface area contributed by atoms with E-state index in [9.17, 15) is 14.9 Å². The van der Waals surface area contributed by atoms with Crippen molar-refractivity contribution in [1.82, 2.24) is 9.78 Å². The van der Waals surface area contributed by atoms with Gasteiger partial charge in [-0.1, -0.05) is 29.3 Å². The number of nitro benzene ring substituents is 1. The zero-order valence-electron chi connectivity index (χ0n) is 17.2. The summed E-state index contributed by atoms with van der Waals surface area (Å²) in [6, 6.07) is 14.0. The van der Waals surface area contributed by atoms with Crippen LogP contribution in [-0.2, 0) is 13.2 Å². The molecular weight excluding hydrogens is 551 g/mol. The van der Waals surface area contributed by atoms with E-state index in [0.29, 0.717) is 38.4 Å². The molecule has 0 atom stereocenters. The van der Waals surface area contributed by atoms with Gasteiger partial charge in [0.2, 0.25) is 0 Å². The number of anilines is 1. The van der Waals surface area contributed by atoms with Gasteiger partial charge in [0.1, 0.15) is 18.1 Å². The first kappa shape index (κ1) is 23.8. The summed E-state index contributed by atoms with van der Waals surface area (Å²) in [4.78, 5) is 22.8. The molecule has 2 heterocycles. The molecule has 0 saturated heterocycles. The molecule has 0 radical (unpaired) electrons. The molecule has 0 unspecified atom stereocenters. The number of non-ortho nitro benzene ring substituents is 1. The maximum absolute atomic E-state index is 12.6. The number of benzene rings is 2. The first-order valence-electron chi connectivity index (χ1n) is 9.72. The summed E-state index contributed by atoms with van der Waals surface area (Å²) >= 11 is 15.5. The number of aromatic nitrogens is 2. The second-order valence-electron chi connectivity index (χ2n) is 7.02. The quantitative estimate of drug-likeness (QED) is 0.197. The van der Waals surface area contributed by atoms with Crippen LogP contribution in [0.4, 0.5) is 11.5 Å². The van der Waals surface area contributed by atoms with Crippen molar-refractivity contribution in [3.05, 3.63) is 103 Å². The molecule has 12 heteroatoms. The lowest BCUT2D eigenvalue weighted by atomic mass is 10.2. The minimum absolute atomic E-state index is 0.0332. The minimum Gasteiger partial charge on any atom is -0.486 e. The lowest BCUT2D eigenvalue weighted by molar-refractivity contribution is -0.384. The van der Waals surface area contributed by atoms with E-state index < -0.39 is 10.8 Å². The van der Waals surface area contributed by atoms with Crippen LogP contribution in [0.3, 0.4) is 0 Å². The highest BCUT2D eigenvalue weighted by Gasteiger charge is 2.16. The molecule has 9 nitrogen and oxygen atoms in total. The maximum atomic E-state index is 12.6. The number of furan rings is 1. The Hall–Kier alpha value is -3.34. The Bertz CT molecular complexity index is 1350. The van der Waals surface area contributed by atoms with Crippen LogP contribution in [0.1, 0.15) is 21.9 Å². The number of rotatable bonds is 8. The van der Waals surface area contributed by atoms with E-state index in [0.717, 1.165) is 5.56 Å². The molecule has 34 heavy (non-hydrogen) atoms. The first-order valence-corrected chi connectivity index (χ1v) is 11.3. The minimum atomic E-state index is -0.491. The molecule has 0 bridgehead atoms. The number of nitrogens with one attached hydrogen (secondary N) is 1. The molecular formula is C22H15BrCl2N4O5. The molecule has 0 aliphatic carbocycles. The van der Waals surface area contributed by atoms with Crippen LogP contribution >= 0.6 is 39.1 Å². The summed E-state index contributed by atoms with van der Waals surface area (Å²) in [5.74, 6) is 0.741. The highest BCUT2D eigenvalue weighted by atomic mass is 79.9. The largest absolute Gasteiger partial charge is 0.486 e. The van der Waals surface area contributed by atoms with Gasteiger partial charge in [-0.15, -0.1) is 0 Å². The smallest absolute Gasteiger partial charge is 0.292 e. The van der Waals surface area contributed by atoms with Crippen LogP contribution < -0.4 is 10.1 Å². The summed E-state index contributed by atoms with van der Waals surface area (Å²) in [5.41, 5.74) is 0.789. The number of carbonyl (C=O) groups excluding carboxylic acids is 1. The number of carbonyl (C=O) groups is 1. The molecule has 0 fully saturated rings. The van der Waals surface area contributed by atoms with Gasteiger partial charge in [0.05, 0.1) is 15.9 Å².